The van der Waals surface area contributed by atoms with Gasteiger partial charge in [-0.2, -0.15) is 8.78 Å². The predicted octanol–water partition coefficient (Wildman–Crippen LogP) is 1.17. The highest BCUT2D eigenvalue weighted by Crippen LogP contribution is 2.23. The van der Waals surface area contributed by atoms with Crippen LogP contribution in [0.3, 0.4) is 0 Å². The van der Waals surface area contributed by atoms with Crippen molar-refractivity contribution >= 4 is 19.7 Å². The first-order valence-electron chi connectivity index (χ1n) is 1.57. The largest absolute Gasteiger partial charge is 0.357 e. The van der Waals surface area contributed by atoms with E-state index in [4.69, 9.17) is 0 Å². The molecule has 2 nitrogen and oxygen atoms in total. The standard InChI is InChI=1S/C2H3ClF2O2S/c1-2(4,5)8(3,6)7/h1H3. The number of hydrogen-bond acceptors (Lipinski definition) is 2. The third-order valence-electron chi connectivity index (χ3n) is 0.428. The second-order valence-corrected chi connectivity index (χ2v) is 4.06. The van der Waals surface area contributed by atoms with Crippen LogP contribution in [0.4, 0.5) is 8.78 Å². The van der Waals surface area contributed by atoms with Crippen LogP contribution in [0.15, 0.2) is 0 Å². The van der Waals surface area contributed by atoms with Gasteiger partial charge in [-0.05, 0) is 0 Å². The highest BCUT2D eigenvalue weighted by molar-refractivity contribution is 8.14. The minimum atomic E-state index is -4.70. The van der Waals surface area contributed by atoms with Crippen molar-refractivity contribution in [3.8, 4) is 0 Å². The summed E-state index contributed by atoms with van der Waals surface area (Å²) in [6.45, 7) is 0.218. The molecule has 0 aromatic carbocycles. The molecule has 0 N–H and O–H groups in total. The minimum absolute atomic E-state index is 0.218. The molecule has 0 aromatic rings. The molecule has 0 aromatic heterocycles. The summed E-state index contributed by atoms with van der Waals surface area (Å²) in [6.07, 6.45) is 0. The van der Waals surface area contributed by atoms with Crippen molar-refractivity contribution < 1.29 is 17.2 Å². The average Bonchev–Trinajstić information content (AvgIpc) is 1.25. The second kappa shape index (κ2) is 1.80. The smallest absolute Gasteiger partial charge is 0.206 e. The molecule has 0 bridgehead atoms. The van der Waals surface area contributed by atoms with Gasteiger partial charge in [-0.1, -0.05) is 0 Å². The Balaban J connectivity index is 4.53. The lowest BCUT2D eigenvalue weighted by Gasteiger charge is -2.01. The van der Waals surface area contributed by atoms with E-state index >= 15 is 0 Å². The zero-order valence-electron chi connectivity index (χ0n) is 3.86. The molecule has 0 aliphatic heterocycles. The van der Waals surface area contributed by atoms with Crippen LogP contribution < -0.4 is 0 Å². The van der Waals surface area contributed by atoms with Gasteiger partial charge in [0.15, 0.2) is 0 Å². The SMILES string of the molecule is CC(F)(F)S(=O)(=O)Cl. The van der Waals surface area contributed by atoms with Gasteiger partial charge in [0.05, 0.1) is 0 Å². The van der Waals surface area contributed by atoms with E-state index in [1.54, 1.807) is 0 Å². The van der Waals surface area contributed by atoms with Crippen molar-refractivity contribution in [3.05, 3.63) is 0 Å². The molecule has 0 unspecified atom stereocenters. The van der Waals surface area contributed by atoms with E-state index in [-0.39, 0.29) is 6.92 Å². The van der Waals surface area contributed by atoms with Crippen LogP contribution in [0.5, 0.6) is 0 Å². The highest BCUT2D eigenvalue weighted by Gasteiger charge is 2.37. The minimum Gasteiger partial charge on any atom is -0.206 e. The quantitative estimate of drug-likeness (QED) is 0.545. The van der Waals surface area contributed by atoms with E-state index in [0.717, 1.165) is 0 Å². The Kier molecular flexibility index (Phi) is 1.83. The Morgan fingerprint density at radius 3 is 1.62 bits per heavy atom. The molecule has 0 aliphatic rings. The molecule has 6 heteroatoms. The Morgan fingerprint density at radius 1 is 1.50 bits per heavy atom. The maximum absolute atomic E-state index is 11.5. The van der Waals surface area contributed by atoms with Gasteiger partial charge in [0, 0.05) is 17.6 Å². The number of halogens is 3. The molecular weight excluding hydrogens is 162 g/mol. The molecule has 8 heavy (non-hydrogen) atoms. The van der Waals surface area contributed by atoms with Crippen LogP contribution >= 0.6 is 10.7 Å². The van der Waals surface area contributed by atoms with Gasteiger partial charge in [0.2, 0.25) is 0 Å². The molecule has 0 atom stereocenters. The van der Waals surface area contributed by atoms with Crippen LogP contribution in [0.1, 0.15) is 6.92 Å². The summed E-state index contributed by atoms with van der Waals surface area (Å²) in [5.74, 6) is 0. The van der Waals surface area contributed by atoms with Gasteiger partial charge in [-0.25, -0.2) is 8.42 Å². The molecule has 0 aliphatic carbocycles. The summed E-state index contributed by atoms with van der Waals surface area (Å²) < 4.78 is 42.4. The maximum atomic E-state index is 11.5. The third kappa shape index (κ3) is 1.92. The average molecular weight is 165 g/mol. The number of hydrogen-bond donors (Lipinski definition) is 0. The fraction of sp³-hybridized carbons (Fsp3) is 1.00. The first-order chi connectivity index (χ1) is 3.25. The summed E-state index contributed by atoms with van der Waals surface area (Å²) in [7, 11) is -0.470. The van der Waals surface area contributed by atoms with Crippen molar-refractivity contribution in [3.63, 3.8) is 0 Å². The highest BCUT2D eigenvalue weighted by atomic mass is 35.7. The summed E-state index contributed by atoms with van der Waals surface area (Å²) in [6, 6.07) is 0. The topological polar surface area (TPSA) is 34.1 Å². The zero-order valence-corrected chi connectivity index (χ0v) is 5.43. The van der Waals surface area contributed by atoms with Crippen LogP contribution in [0, 0.1) is 0 Å². The van der Waals surface area contributed by atoms with Gasteiger partial charge in [-0.3, -0.25) is 0 Å². The van der Waals surface area contributed by atoms with Gasteiger partial charge in [0.1, 0.15) is 0 Å². The van der Waals surface area contributed by atoms with Gasteiger partial charge in [0.25, 0.3) is 9.05 Å². The molecular formula is C2H3ClF2O2S. The van der Waals surface area contributed by atoms with Crippen LogP contribution in [-0.4, -0.2) is 13.7 Å². The summed E-state index contributed by atoms with van der Waals surface area (Å²) in [4.78, 5) is 0. The van der Waals surface area contributed by atoms with Crippen molar-refractivity contribution in [2.45, 2.75) is 12.2 Å². The predicted molar refractivity (Wildman–Crippen MR) is 25.4 cm³/mol. The van der Waals surface area contributed by atoms with Crippen LogP contribution in [-0.2, 0) is 9.05 Å². The van der Waals surface area contributed by atoms with Crippen molar-refractivity contribution in [2.75, 3.05) is 0 Å². The lowest BCUT2D eigenvalue weighted by molar-refractivity contribution is 0.117. The van der Waals surface area contributed by atoms with Gasteiger partial charge in [-0.15, -0.1) is 0 Å². The Morgan fingerprint density at radius 2 is 1.62 bits per heavy atom. The fourth-order valence-electron chi connectivity index (χ4n) is 0. The molecule has 0 radical (unpaired) electrons. The normalized spacial score (nSPS) is 14.0. The summed E-state index contributed by atoms with van der Waals surface area (Å²) in [5, 5.41) is -3.82. The Bertz CT molecular complexity index is 167. The Labute approximate surface area is 49.9 Å². The first kappa shape index (κ1) is 8.10. The van der Waals surface area contributed by atoms with E-state index in [9.17, 15) is 17.2 Å². The molecule has 0 saturated heterocycles. The van der Waals surface area contributed by atoms with E-state index < -0.39 is 14.3 Å². The zero-order chi connectivity index (χ0) is 7.00. The monoisotopic (exact) mass is 164 g/mol. The van der Waals surface area contributed by atoms with Crippen LogP contribution in [0.25, 0.3) is 0 Å². The van der Waals surface area contributed by atoms with Gasteiger partial charge < -0.3 is 0 Å². The van der Waals surface area contributed by atoms with Gasteiger partial charge >= 0.3 is 5.25 Å². The lowest BCUT2D eigenvalue weighted by Crippen LogP contribution is -2.18. The maximum Gasteiger partial charge on any atom is 0.357 e. The van der Waals surface area contributed by atoms with Crippen molar-refractivity contribution in [1.82, 2.24) is 0 Å². The van der Waals surface area contributed by atoms with E-state index in [0.29, 0.717) is 0 Å². The van der Waals surface area contributed by atoms with Crippen molar-refractivity contribution in [2.24, 2.45) is 0 Å². The van der Waals surface area contributed by atoms with E-state index in [2.05, 4.69) is 10.7 Å². The fourth-order valence-corrected chi connectivity index (χ4v) is 0. The summed E-state index contributed by atoms with van der Waals surface area (Å²) >= 11 is 0. The second-order valence-electron chi connectivity index (χ2n) is 1.25. The van der Waals surface area contributed by atoms with Crippen molar-refractivity contribution in [1.29, 1.82) is 0 Å². The molecule has 50 valence electrons. The molecule has 0 amide bonds. The molecule has 0 spiro atoms. The Hall–Kier alpha value is 0.1000. The molecule has 0 saturated carbocycles. The third-order valence-corrected chi connectivity index (χ3v) is 2.10. The first-order valence-corrected chi connectivity index (χ1v) is 3.88. The lowest BCUT2D eigenvalue weighted by atomic mass is 10.9. The number of rotatable bonds is 1. The van der Waals surface area contributed by atoms with E-state index in [1.165, 1.54) is 0 Å². The number of alkyl halides is 2. The van der Waals surface area contributed by atoms with Crippen LogP contribution in [0.2, 0.25) is 0 Å². The van der Waals surface area contributed by atoms with E-state index in [1.807, 2.05) is 0 Å². The summed E-state index contributed by atoms with van der Waals surface area (Å²) in [5.41, 5.74) is 0. The molecule has 0 rings (SSSR count). The molecule has 0 fully saturated rings. The molecule has 0 heterocycles.